The maximum absolute atomic E-state index is 12.6. The zero-order valence-corrected chi connectivity index (χ0v) is 19.9. The number of rotatable bonds is 10. The number of sulfonamides is 1. The summed E-state index contributed by atoms with van der Waals surface area (Å²) in [6.07, 6.45) is 9.12. The zero-order valence-electron chi connectivity index (χ0n) is 16.7. The summed E-state index contributed by atoms with van der Waals surface area (Å²) in [6, 6.07) is -0.0927. The summed E-state index contributed by atoms with van der Waals surface area (Å²) in [6.45, 7) is 2.69. The largest absolute Gasteiger partial charge is 0.511 e. The fraction of sp³-hybridized carbons (Fsp3) is 0.941. The van der Waals surface area contributed by atoms with Gasteiger partial charge < -0.3 is 10.6 Å². The Bertz CT molecular complexity index is 551. The Kier molecular flexibility index (Phi) is 13.7. The van der Waals surface area contributed by atoms with Gasteiger partial charge in [0.1, 0.15) is 0 Å². The molecule has 0 aromatic rings. The van der Waals surface area contributed by atoms with E-state index in [1.165, 1.54) is 32.1 Å². The molecule has 2 N–H and O–H groups in total. The number of nitrogens with one attached hydrogen (secondary N) is 2. The Morgan fingerprint density at radius 2 is 1.61 bits per heavy atom. The highest BCUT2D eigenvalue weighted by atomic mass is 127. The summed E-state index contributed by atoms with van der Waals surface area (Å²) in [5.41, 5.74) is -5.23. The number of halogens is 4. The second-order valence-electron chi connectivity index (χ2n) is 6.89. The van der Waals surface area contributed by atoms with Crippen LogP contribution in [-0.4, -0.2) is 56.9 Å². The molecule has 1 fully saturated rings. The Hall–Kier alpha value is -0.300. The predicted octanol–water partition coefficient (Wildman–Crippen LogP) is 3.83. The lowest BCUT2D eigenvalue weighted by Gasteiger charge is -2.32. The number of unbranched alkanes of at least 4 members (excludes halogenated alkanes) is 6. The Balaban J connectivity index is 0.00000729. The highest BCUT2D eigenvalue weighted by Gasteiger charge is 2.50. The third-order valence-electron chi connectivity index (χ3n) is 4.72. The molecule has 0 aromatic heterocycles. The van der Waals surface area contributed by atoms with E-state index in [-0.39, 0.29) is 43.1 Å². The quantitative estimate of drug-likeness (QED) is 0.191. The average Bonchev–Trinajstić information content (AvgIpc) is 2.62. The summed E-state index contributed by atoms with van der Waals surface area (Å²) < 4.78 is 61.1. The summed E-state index contributed by atoms with van der Waals surface area (Å²) in [7, 11) is -3.58. The van der Waals surface area contributed by atoms with E-state index in [0.29, 0.717) is 23.1 Å². The standard InChI is InChI=1S/C17H33F3N4O2S.HI/c1-3-4-5-6-7-8-9-12-22-16(21-2)23-15-10-13-24(14-11-15)27(25,26)17(18,19)20;/h15H,3-14H2,1-2H3,(H2,21,22,23);1H. The van der Waals surface area contributed by atoms with Crippen LogP contribution in [0.2, 0.25) is 0 Å². The van der Waals surface area contributed by atoms with Crippen molar-refractivity contribution in [3.8, 4) is 0 Å². The first-order valence-electron chi connectivity index (χ1n) is 9.76. The predicted molar refractivity (Wildman–Crippen MR) is 117 cm³/mol. The van der Waals surface area contributed by atoms with E-state index in [9.17, 15) is 21.6 Å². The molecule has 11 heteroatoms. The number of guanidine groups is 1. The third kappa shape index (κ3) is 9.47. The van der Waals surface area contributed by atoms with Gasteiger partial charge in [-0.2, -0.15) is 17.5 Å². The van der Waals surface area contributed by atoms with Crippen molar-refractivity contribution in [1.29, 1.82) is 0 Å². The van der Waals surface area contributed by atoms with E-state index in [1.807, 2.05) is 0 Å². The second-order valence-corrected chi connectivity index (χ2v) is 8.82. The lowest BCUT2D eigenvalue weighted by atomic mass is 10.1. The monoisotopic (exact) mass is 542 g/mol. The van der Waals surface area contributed by atoms with Crippen molar-refractivity contribution in [2.24, 2.45) is 4.99 Å². The van der Waals surface area contributed by atoms with Gasteiger partial charge in [0.25, 0.3) is 0 Å². The van der Waals surface area contributed by atoms with Crippen LogP contribution in [0.1, 0.15) is 64.7 Å². The van der Waals surface area contributed by atoms with Gasteiger partial charge in [-0.3, -0.25) is 4.99 Å². The van der Waals surface area contributed by atoms with Crippen molar-refractivity contribution < 1.29 is 21.6 Å². The fourth-order valence-electron chi connectivity index (χ4n) is 3.06. The molecule has 0 unspecified atom stereocenters. The molecule has 0 aliphatic carbocycles. The van der Waals surface area contributed by atoms with Crippen LogP contribution in [-0.2, 0) is 10.0 Å². The van der Waals surface area contributed by atoms with Crippen LogP contribution in [0, 0.1) is 0 Å². The highest BCUT2D eigenvalue weighted by molar-refractivity contribution is 14.0. The number of nitrogens with zero attached hydrogens (tertiary/aromatic N) is 2. The summed E-state index contributed by atoms with van der Waals surface area (Å²) >= 11 is 0. The summed E-state index contributed by atoms with van der Waals surface area (Å²) in [5.74, 6) is 0.609. The molecule has 1 aliphatic heterocycles. The van der Waals surface area contributed by atoms with Crippen LogP contribution in [0.3, 0.4) is 0 Å². The third-order valence-corrected chi connectivity index (χ3v) is 6.35. The maximum atomic E-state index is 12.6. The molecule has 0 spiro atoms. The molecule has 0 atom stereocenters. The van der Waals surface area contributed by atoms with E-state index < -0.39 is 15.5 Å². The first-order chi connectivity index (χ1) is 12.7. The maximum Gasteiger partial charge on any atom is 0.511 e. The SMILES string of the molecule is CCCCCCCCCNC(=NC)NC1CCN(S(=O)(=O)C(F)(F)F)CC1.I. The Labute approximate surface area is 184 Å². The first-order valence-corrected chi connectivity index (χ1v) is 11.2. The molecule has 1 saturated heterocycles. The highest BCUT2D eigenvalue weighted by Crippen LogP contribution is 2.28. The lowest BCUT2D eigenvalue weighted by Crippen LogP contribution is -2.51. The van der Waals surface area contributed by atoms with Crippen molar-refractivity contribution >= 4 is 40.0 Å². The van der Waals surface area contributed by atoms with Gasteiger partial charge in [-0.05, 0) is 19.3 Å². The van der Waals surface area contributed by atoms with Gasteiger partial charge >= 0.3 is 15.5 Å². The van der Waals surface area contributed by atoms with E-state index in [4.69, 9.17) is 0 Å². The minimum Gasteiger partial charge on any atom is -0.356 e. The van der Waals surface area contributed by atoms with Gasteiger partial charge in [0, 0.05) is 32.7 Å². The first kappa shape index (κ1) is 27.7. The minimum absolute atomic E-state index is 0. The Morgan fingerprint density at radius 1 is 1.07 bits per heavy atom. The normalized spacial score (nSPS) is 17.2. The van der Waals surface area contributed by atoms with Gasteiger partial charge in [-0.15, -0.1) is 24.0 Å². The van der Waals surface area contributed by atoms with E-state index in [0.717, 1.165) is 19.4 Å². The molecule has 168 valence electrons. The molecule has 1 aliphatic rings. The van der Waals surface area contributed by atoms with Crippen molar-refractivity contribution in [3.63, 3.8) is 0 Å². The molecule has 0 bridgehead atoms. The summed E-state index contributed by atoms with van der Waals surface area (Å²) in [5, 5.41) is 6.38. The summed E-state index contributed by atoms with van der Waals surface area (Å²) in [4.78, 5) is 4.13. The van der Waals surface area contributed by atoms with E-state index >= 15 is 0 Å². The van der Waals surface area contributed by atoms with Gasteiger partial charge in [-0.1, -0.05) is 45.4 Å². The number of hydrogen-bond donors (Lipinski definition) is 2. The van der Waals surface area contributed by atoms with Crippen molar-refractivity contribution in [1.82, 2.24) is 14.9 Å². The van der Waals surface area contributed by atoms with Crippen molar-refractivity contribution in [3.05, 3.63) is 0 Å². The lowest BCUT2D eigenvalue weighted by molar-refractivity contribution is -0.0494. The van der Waals surface area contributed by atoms with Crippen LogP contribution in [0.5, 0.6) is 0 Å². The van der Waals surface area contributed by atoms with Crippen LogP contribution in [0.25, 0.3) is 0 Å². The van der Waals surface area contributed by atoms with Gasteiger partial charge in [0.15, 0.2) is 5.96 Å². The van der Waals surface area contributed by atoms with Crippen LogP contribution in [0.15, 0.2) is 4.99 Å². The van der Waals surface area contributed by atoms with Gasteiger partial charge in [0.05, 0.1) is 0 Å². The molecule has 0 amide bonds. The molecule has 6 nitrogen and oxygen atoms in total. The topological polar surface area (TPSA) is 73.8 Å². The molecule has 0 saturated carbocycles. The molecule has 1 heterocycles. The molecule has 28 heavy (non-hydrogen) atoms. The molecule has 0 aromatic carbocycles. The van der Waals surface area contributed by atoms with Crippen LogP contribution < -0.4 is 10.6 Å². The zero-order chi connectivity index (χ0) is 20.3. The molecule has 0 radical (unpaired) electrons. The number of piperidine rings is 1. The minimum atomic E-state index is -5.23. The van der Waals surface area contributed by atoms with E-state index in [1.54, 1.807) is 7.05 Å². The van der Waals surface area contributed by atoms with Crippen molar-refractivity contribution in [2.45, 2.75) is 76.3 Å². The molecule has 1 rings (SSSR count). The smallest absolute Gasteiger partial charge is 0.356 e. The Morgan fingerprint density at radius 3 is 2.11 bits per heavy atom. The molecular formula is C17H34F3IN4O2S. The number of aliphatic imine (C=N–C) groups is 1. The average molecular weight is 542 g/mol. The van der Waals surface area contributed by atoms with Gasteiger partial charge in [0.2, 0.25) is 0 Å². The van der Waals surface area contributed by atoms with Gasteiger partial charge in [-0.25, -0.2) is 8.42 Å². The van der Waals surface area contributed by atoms with Crippen molar-refractivity contribution in [2.75, 3.05) is 26.7 Å². The van der Waals surface area contributed by atoms with Crippen LogP contribution >= 0.6 is 24.0 Å². The van der Waals surface area contributed by atoms with Crippen LogP contribution in [0.4, 0.5) is 13.2 Å². The second kappa shape index (κ2) is 13.8. The number of alkyl halides is 3. The van der Waals surface area contributed by atoms with E-state index in [2.05, 4.69) is 22.5 Å². The number of hydrogen-bond acceptors (Lipinski definition) is 3. The molecular weight excluding hydrogens is 508 g/mol. The fourth-order valence-corrected chi connectivity index (χ4v) is 4.05.